The number of benzene rings is 1. The zero-order chi connectivity index (χ0) is 14.4. The van der Waals surface area contributed by atoms with E-state index in [1.165, 1.54) is 0 Å². The Morgan fingerprint density at radius 1 is 1.10 bits per heavy atom. The van der Waals surface area contributed by atoms with E-state index in [9.17, 15) is 0 Å². The van der Waals surface area contributed by atoms with Crippen molar-refractivity contribution in [1.29, 1.82) is 0 Å². The van der Waals surface area contributed by atoms with Crippen LogP contribution in [0.1, 0.15) is 17.2 Å². The number of nitrogens with two attached hydrogens (primary N) is 1. The van der Waals surface area contributed by atoms with Crippen molar-refractivity contribution in [1.82, 2.24) is 9.97 Å². The van der Waals surface area contributed by atoms with Gasteiger partial charge in [0.05, 0.1) is 7.11 Å². The summed E-state index contributed by atoms with van der Waals surface area (Å²) in [6, 6.07) is 9.37. The Hall–Kier alpha value is -1.85. The van der Waals surface area contributed by atoms with Gasteiger partial charge in [0, 0.05) is 17.8 Å². The molecule has 2 N–H and O–H groups in total. The van der Waals surface area contributed by atoms with E-state index in [4.69, 9.17) is 15.2 Å². The van der Waals surface area contributed by atoms with Gasteiger partial charge in [-0.2, -0.15) is 0 Å². The molecular formula is C15H20ClN3O2. The van der Waals surface area contributed by atoms with E-state index in [0.717, 1.165) is 29.3 Å². The number of methoxy groups -OCH3 is 1. The van der Waals surface area contributed by atoms with Crippen molar-refractivity contribution in [3.8, 4) is 11.5 Å². The van der Waals surface area contributed by atoms with Crippen molar-refractivity contribution < 1.29 is 9.47 Å². The number of ether oxygens (including phenoxy) is 2. The summed E-state index contributed by atoms with van der Waals surface area (Å²) in [5.41, 5.74) is 7.43. The van der Waals surface area contributed by atoms with Crippen LogP contribution in [0.15, 0.2) is 30.3 Å². The Morgan fingerprint density at radius 2 is 1.76 bits per heavy atom. The van der Waals surface area contributed by atoms with Gasteiger partial charge in [-0.15, -0.1) is 12.4 Å². The van der Waals surface area contributed by atoms with Crippen LogP contribution in [-0.2, 0) is 13.0 Å². The highest BCUT2D eigenvalue weighted by molar-refractivity contribution is 5.85. The molecule has 1 aromatic heterocycles. The highest BCUT2D eigenvalue weighted by Crippen LogP contribution is 2.17. The molecule has 6 heteroatoms. The van der Waals surface area contributed by atoms with E-state index in [1.54, 1.807) is 7.11 Å². The maximum Gasteiger partial charge on any atom is 0.166 e. The number of rotatable bonds is 6. The maximum atomic E-state index is 5.67. The van der Waals surface area contributed by atoms with E-state index < -0.39 is 0 Å². The van der Waals surface area contributed by atoms with Gasteiger partial charge in [-0.05, 0) is 43.8 Å². The summed E-state index contributed by atoms with van der Waals surface area (Å²) in [5.74, 6) is 2.23. The van der Waals surface area contributed by atoms with Crippen molar-refractivity contribution in [3.05, 3.63) is 47.5 Å². The Labute approximate surface area is 130 Å². The molecule has 0 aliphatic heterocycles. The summed E-state index contributed by atoms with van der Waals surface area (Å²) in [6.45, 7) is 2.86. The first-order valence-electron chi connectivity index (χ1n) is 6.51. The minimum Gasteiger partial charge on any atom is -0.497 e. The second-order valence-corrected chi connectivity index (χ2v) is 4.42. The minimum atomic E-state index is 0. The van der Waals surface area contributed by atoms with Gasteiger partial charge in [-0.25, -0.2) is 9.97 Å². The topological polar surface area (TPSA) is 70.3 Å². The van der Waals surface area contributed by atoms with E-state index in [-0.39, 0.29) is 12.4 Å². The van der Waals surface area contributed by atoms with E-state index >= 15 is 0 Å². The average Bonchev–Trinajstić information content (AvgIpc) is 2.45. The van der Waals surface area contributed by atoms with Crippen molar-refractivity contribution in [2.24, 2.45) is 5.73 Å². The molecular weight excluding hydrogens is 290 g/mol. The van der Waals surface area contributed by atoms with Gasteiger partial charge in [0.2, 0.25) is 0 Å². The zero-order valence-corrected chi connectivity index (χ0v) is 13.0. The zero-order valence-electron chi connectivity index (χ0n) is 12.2. The smallest absolute Gasteiger partial charge is 0.166 e. The second-order valence-electron chi connectivity index (χ2n) is 4.42. The Kier molecular flexibility index (Phi) is 6.91. The molecule has 0 atom stereocenters. The van der Waals surface area contributed by atoms with Crippen LogP contribution in [0.25, 0.3) is 0 Å². The molecule has 0 fully saturated rings. The van der Waals surface area contributed by atoms with Crippen molar-refractivity contribution in [3.63, 3.8) is 0 Å². The summed E-state index contributed by atoms with van der Waals surface area (Å²) < 4.78 is 10.8. The fourth-order valence-corrected chi connectivity index (χ4v) is 1.86. The third kappa shape index (κ3) is 5.21. The standard InChI is InChI=1S/C15H19N3O2.ClH/c1-11-9-12(7-8-16)18-15(17-11)10-20-14-5-3-13(19-2)4-6-14;/h3-6,9H,7-8,10,16H2,1-2H3;1H. The molecule has 0 aliphatic carbocycles. The van der Waals surface area contributed by atoms with Crippen LogP contribution in [0.4, 0.5) is 0 Å². The van der Waals surface area contributed by atoms with Crippen LogP contribution in [0, 0.1) is 6.92 Å². The molecule has 114 valence electrons. The molecule has 1 heterocycles. The van der Waals surface area contributed by atoms with E-state index in [2.05, 4.69) is 9.97 Å². The third-order valence-corrected chi connectivity index (χ3v) is 2.78. The highest BCUT2D eigenvalue weighted by atomic mass is 35.5. The number of hydrogen-bond acceptors (Lipinski definition) is 5. The lowest BCUT2D eigenvalue weighted by molar-refractivity contribution is 0.294. The largest absolute Gasteiger partial charge is 0.497 e. The number of aryl methyl sites for hydroxylation is 1. The molecule has 0 bridgehead atoms. The molecule has 2 aromatic rings. The number of halogens is 1. The lowest BCUT2D eigenvalue weighted by atomic mass is 10.2. The van der Waals surface area contributed by atoms with Crippen molar-refractivity contribution >= 4 is 12.4 Å². The van der Waals surface area contributed by atoms with E-state index in [1.807, 2.05) is 37.3 Å². The molecule has 0 saturated heterocycles. The molecule has 0 amide bonds. The van der Waals surface area contributed by atoms with E-state index in [0.29, 0.717) is 19.0 Å². The summed E-state index contributed by atoms with van der Waals surface area (Å²) in [6.07, 6.45) is 0.749. The van der Waals surface area contributed by atoms with Crippen LogP contribution in [0.5, 0.6) is 11.5 Å². The SMILES string of the molecule is COc1ccc(OCc2nc(C)cc(CCN)n2)cc1.Cl. The molecule has 2 rings (SSSR count). The molecule has 0 radical (unpaired) electrons. The Bertz CT molecular complexity index is 561. The van der Waals surface area contributed by atoms with Gasteiger partial charge in [-0.3, -0.25) is 0 Å². The molecule has 0 unspecified atom stereocenters. The van der Waals surface area contributed by atoms with Gasteiger partial charge in [0.25, 0.3) is 0 Å². The van der Waals surface area contributed by atoms with Gasteiger partial charge in [-0.1, -0.05) is 0 Å². The van der Waals surface area contributed by atoms with Crippen LogP contribution in [0.2, 0.25) is 0 Å². The maximum absolute atomic E-state index is 5.67. The first kappa shape index (κ1) is 17.2. The minimum absolute atomic E-state index is 0. The van der Waals surface area contributed by atoms with Crippen LogP contribution in [0.3, 0.4) is 0 Å². The van der Waals surface area contributed by atoms with Gasteiger partial charge < -0.3 is 15.2 Å². The van der Waals surface area contributed by atoms with Crippen LogP contribution >= 0.6 is 12.4 Å². The molecule has 0 saturated carbocycles. The summed E-state index contributed by atoms with van der Waals surface area (Å²) in [7, 11) is 1.63. The number of aromatic nitrogens is 2. The average molecular weight is 310 g/mol. The lowest BCUT2D eigenvalue weighted by Gasteiger charge is -2.08. The fourth-order valence-electron chi connectivity index (χ4n) is 1.86. The first-order valence-corrected chi connectivity index (χ1v) is 6.51. The Balaban J connectivity index is 0.00000220. The molecule has 21 heavy (non-hydrogen) atoms. The van der Waals surface area contributed by atoms with Crippen LogP contribution < -0.4 is 15.2 Å². The molecule has 5 nitrogen and oxygen atoms in total. The summed E-state index contributed by atoms with van der Waals surface area (Å²) >= 11 is 0. The first-order chi connectivity index (χ1) is 9.71. The lowest BCUT2D eigenvalue weighted by Crippen LogP contribution is -2.09. The summed E-state index contributed by atoms with van der Waals surface area (Å²) in [4.78, 5) is 8.79. The third-order valence-electron chi connectivity index (χ3n) is 2.78. The van der Waals surface area contributed by atoms with Gasteiger partial charge in [0.1, 0.15) is 18.1 Å². The second kappa shape index (κ2) is 8.44. The molecule has 0 aliphatic rings. The predicted octanol–water partition coefficient (Wildman–Crippen LogP) is 2.30. The van der Waals surface area contributed by atoms with Gasteiger partial charge >= 0.3 is 0 Å². The van der Waals surface area contributed by atoms with Crippen molar-refractivity contribution in [2.45, 2.75) is 20.0 Å². The molecule has 1 aromatic carbocycles. The van der Waals surface area contributed by atoms with Gasteiger partial charge in [0.15, 0.2) is 5.82 Å². The normalized spacial score (nSPS) is 9.86. The molecule has 0 spiro atoms. The number of hydrogen-bond donors (Lipinski definition) is 1. The van der Waals surface area contributed by atoms with Crippen LogP contribution in [-0.4, -0.2) is 23.6 Å². The Morgan fingerprint density at radius 3 is 2.38 bits per heavy atom. The fraction of sp³-hybridized carbons (Fsp3) is 0.333. The summed E-state index contributed by atoms with van der Waals surface area (Å²) in [5, 5.41) is 0. The van der Waals surface area contributed by atoms with Crippen molar-refractivity contribution in [2.75, 3.05) is 13.7 Å². The number of nitrogens with zero attached hydrogens (tertiary/aromatic N) is 2. The quantitative estimate of drug-likeness (QED) is 0.886. The highest BCUT2D eigenvalue weighted by Gasteiger charge is 2.03. The monoisotopic (exact) mass is 309 g/mol. The predicted molar refractivity (Wildman–Crippen MR) is 84.1 cm³/mol.